The van der Waals surface area contributed by atoms with Gasteiger partial charge in [0.05, 0.1) is 0 Å². The first-order valence-corrected chi connectivity index (χ1v) is 5.69. The van der Waals surface area contributed by atoms with Crippen LogP contribution in [-0.2, 0) is 9.59 Å². The number of aliphatic hydroxyl groups is 1. The third-order valence-electron chi connectivity index (χ3n) is 2.75. The van der Waals surface area contributed by atoms with Crippen molar-refractivity contribution in [1.82, 2.24) is 0 Å². The van der Waals surface area contributed by atoms with E-state index in [1.165, 1.54) is 0 Å². The fourth-order valence-corrected chi connectivity index (χ4v) is 2.16. The Morgan fingerprint density at radius 1 is 1.31 bits per heavy atom. The summed E-state index contributed by atoms with van der Waals surface area (Å²) in [6.07, 6.45) is 2.30. The lowest BCUT2D eigenvalue weighted by molar-refractivity contribution is -0.138. The number of Topliss-reactive ketones (excluding diaryl/α,β-unsaturated/α-hetero) is 2. The van der Waals surface area contributed by atoms with Crippen LogP contribution in [0, 0.1) is 17.3 Å². The lowest BCUT2D eigenvalue weighted by Gasteiger charge is -2.31. The summed E-state index contributed by atoms with van der Waals surface area (Å²) in [6, 6.07) is 0. The van der Waals surface area contributed by atoms with E-state index in [0.717, 1.165) is 0 Å². The second-order valence-corrected chi connectivity index (χ2v) is 5.72. The van der Waals surface area contributed by atoms with Gasteiger partial charge in [-0.25, -0.2) is 0 Å². The van der Waals surface area contributed by atoms with Crippen molar-refractivity contribution in [3.63, 3.8) is 0 Å². The molecule has 0 bridgehead atoms. The number of hydrogen-bond acceptors (Lipinski definition) is 3. The van der Waals surface area contributed by atoms with Crippen molar-refractivity contribution < 1.29 is 14.7 Å². The number of carbonyl (C=O) groups is 2. The van der Waals surface area contributed by atoms with E-state index in [4.69, 9.17) is 0 Å². The summed E-state index contributed by atoms with van der Waals surface area (Å²) < 4.78 is 0. The van der Waals surface area contributed by atoms with Crippen LogP contribution in [0.4, 0.5) is 0 Å². The Balaban J connectivity index is 2.91. The molecule has 0 spiro atoms. The molecule has 1 saturated carbocycles. The average molecular weight is 224 g/mol. The molecule has 3 heteroatoms. The van der Waals surface area contributed by atoms with Gasteiger partial charge < -0.3 is 5.11 Å². The van der Waals surface area contributed by atoms with Crippen LogP contribution in [0.1, 0.15) is 40.5 Å². The largest absolute Gasteiger partial charge is 0.511 e. The molecule has 0 atom stereocenters. The Bertz CT molecular complexity index is 317. The lowest BCUT2D eigenvalue weighted by atomic mass is 9.71. The molecule has 0 heterocycles. The van der Waals surface area contributed by atoms with Gasteiger partial charge in [-0.15, -0.1) is 0 Å². The van der Waals surface area contributed by atoms with Gasteiger partial charge in [-0.3, -0.25) is 9.59 Å². The molecule has 16 heavy (non-hydrogen) atoms. The quantitative estimate of drug-likeness (QED) is 0.579. The third-order valence-corrected chi connectivity index (χ3v) is 2.75. The van der Waals surface area contributed by atoms with E-state index in [0.29, 0.717) is 12.8 Å². The maximum absolute atomic E-state index is 11.8. The van der Waals surface area contributed by atoms with E-state index in [2.05, 4.69) is 0 Å². The number of hydrogen-bond donors (Lipinski definition) is 1. The highest BCUT2D eigenvalue weighted by atomic mass is 16.3. The van der Waals surface area contributed by atoms with Crippen LogP contribution in [0.25, 0.3) is 0 Å². The zero-order chi connectivity index (χ0) is 12.5. The van der Waals surface area contributed by atoms with Crippen molar-refractivity contribution in [1.29, 1.82) is 0 Å². The van der Waals surface area contributed by atoms with Crippen LogP contribution < -0.4 is 0 Å². The minimum absolute atomic E-state index is 0.0690. The van der Waals surface area contributed by atoms with Crippen molar-refractivity contribution in [3.05, 3.63) is 11.8 Å². The maximum Gasteiger partial charge on any atom is 0.151 e. The zero-order valence-electron chi connectivity index (χ0n) is 10.4. The van der Waals surface area contributed by atoms with Gasteiger partial charge in [0.25, 0.3) is 0 Å². The summed E-state index contributed by atoms with van der Waals surface area (Å²) in [7, 11) is 0. The first kappa shape index (κ1) is 12.9. The Hall–Kier alpha value is -1.12. The first-order chi connectivity index (χ1) is 7.23. The van der Waals surface area contributed by atoms with E-state index >= 15 is 0 Å². The van der Waals surface area contributed by atoms with Crippen molar-refractivity contribution in [3.8, 4) is 0 Å². The molecule has 1 fully saturated rings. The fraction of sp³-hybridized carbons (Fsp3) is 0.692. The lowest BCUT2D eigenvalue weighted by Crippen LogP contribution is -2.38. The Morgan fingerprint density at radius 2 is 1.75 bits per heavy atom. The molecule has 0 aliphatic heterocycles. The molecule has 3 nitrogen and oxygen atoms in total. The van der Waals surface area contributed by atoms with Gasteiger partial charge in [0.15, 0.2) is 11.6 Å². The SMILES string of the molecule is CC(C)C=C(O)C1C(=O)CC(C)(C)CC1=O. The topological polar surface area (TPSA) is 54.4 Å². The summed E-state index contributed by atoms with van der Waals surface area (Å²) in [6.45, 7) is 7.61. The van der Waals surface area contributed by atoms with E-state index in [9.17, 15) is 14.7 Å². The van der Waals surface area contributed by atoms with Crippen LogP contribution in [0.15, 0.2) is 11.8 Å². The number of carbonyl (C=O) groups excluding carboxylic acids is 2. The van der Waals surface area contributed by atoms with Gasteiger partial charge >= 0.3 is 0 Å². The summed E-state index contributed by atoms with van der Waals surface area (Å²) in [5.41, 5.74) is -0.261. The smallest absolute Gasteiger partial charge is 0.151 e. The predicted molar refractivity (Wildman–Crippen MR) is 62.1 cm³/mol. The van der Waals surface area contributed by atoms with Gasteiger partial charge in [-0.05, 0) is 17.4 Å². The van der Waals surface area contributed by atoms with Crippen molar-refractivity contribution >= 4 is 11.6 Å². The second-order valence-electron chi connectivity index (χ2n) is 5.72. The van der Waals surface area contributed by atoms with E-state index in [1.54, 1.807) is 6.08 Å². The normalized spacial score (nSPS) is 22.9. The number of ketones is 2. The molecule has 1 aliphatic rings. The Kier molecular flexibility index (Phi) is 3.56. The molecule has 0 amide bonds. The highest BCUT2D eigenvalue weighted by Crippen LogP contribution is 2.36. The number of allylic oxidation sites excluding steroid dienone is 2. The molecule has 0 radical (unpaired) electrons. The molecule has 0 aromatic carbocycles. The minimum atomic E-state index is -0.907. The van der Waals surface area contributed by atoms with E-state index < -0.39 is 5.92 Å². The fourth-order valence-electron chi connectivity index (χ4n) is 2.16. The summed E-state index contributed by atoms with van der Waals surface area (Å²) >= 11 is 0. The van der Waals surface area contributed by atoms with Crippen LogP contribution in [0.3, 0.4) is 0 Å². The molecule has 1 rings (SSSR count). The van der Waals surface area contributed by atoms with Gasteiger partial charge in [-0.2, -0.15) is 0 Å². The summed E-state index contributed by atoms with van der Waals surface area (Å²) in [4.78, 5) is 23.6. The monoisotopic (exact) mass is 224 g/mol. The van der Waals surface area contributed by atoms with Crippen LogP contribution in [-0.4, -0.2) is 16.7 Å². The first-order valence-electron chi connectivity index (χ1n) is 5.69. The Morgan fingerprint density at radius 3 is 2.12 bits per heavy atom. The highest BCUT2D eigenvalue weighted by molar-refractivity contribution is 6.07. The molecule has 0 aromatic rings. The molecule has 0 unspecified atom stereocenters. The van der Waals surface area contributed by atoms with Gasteiger partial charge in [0.1, 0.15) is 11.7 Å². The molecule has 1 aliphatic carbocycles. The standard InChI is InChI=1S/C13H20O3/c1-8(2)5-9(14)12-10(15)6-13(3,4)7-11(12)16/h5,8,12,14H,6-7H2,1-4H3. The molecular weight excluding hydrogens is 204 g/mol. The minimum Gasteiger partial charge on any atom is -0.511 e. The van der Waals surface area contributed by atoms with Gasteiger partial charge in [-0.1, -0.05) is 27.7 Å². The molecule has 0 saturated heterocycles. The molecule has 90 valence electrons. The Labute approximate surface area is 96.5 Å². The maximum atomic E-state index is 11.8. The van der Waals surface area contributed by atoms with Crippen molar-refractivity contribution in [2.75, 3.05) is 0 Å². The van der Waals surface area contributed by atoms with Gasteiger partial charge in [0, 0.05) is 12.8 Å². The molecular formula is C13H20O3. The molecule has 0 aromatic heterocycles. The van der Waals surface area contributed by atoms with Crippen LogP contribution in [0.5, 0.6) is 0 Å². The van der Waals surface area contributed by atoms with E-state index in [-0.39, 0.29) is 28.7 Å². The van der Waals surface area contributed by atoms with Crippen molar-refractivity contribution in [2.45, 2.75) is 40.5 Å². The average Bonchev–Trinajstić information content (AvgIpc) is 1.96. The van der Waals surface area contributed by atoms with Crippen LogP contribution in [0.2, 0.25) is 0 Å². The number of rotatable bonds is 2. The predicted octanol–water partition coefficient (Wildman–Crippen LogP) is 2.66. The van der Waals surface area contributed by atoms with Crippen molar-refractivity contribution in [2.24, 2.45) is 17.3 Å². The highest BCUT2D eigenvalue weighted by Gasteiger charge is 2.41. The van der Waals surface area contributed by atoms with Gasteiger partial charge in [0.2, 0.25) is 0 Å². The van der Waals surface area contributed by atoms with E-state index in [1.807, 2.05) is 27.7 Å². The summed E-state index contributed by atoms with van der Waals surface area (Å²) in [5.74, 6) is -1.15. The number of aliphatic hydroxyl groups excluding tert-OH is 1. The summed E-state index contributed by atoms with van der Waals surface area (Å²) in [5, 5.41) is 9.77. The molecule has 1 N–H and O–H groups in total. The third kappa shape index (κ3) is 2.94. The zero-order valence-corrected chi connectivity index (χ0v) is 10.4. The second kappa shape index (κ2) is 4.40. The van der Waals surface area contributed by atoms with Crippen LogP contribution >= 0.6 is 0 Å².